The van der Waals surface area contributed by atoms with E-state index in [9.17, 15) is 14.7 Å². The monoisotopic (exact) mass is 308 g/mol. The zero-order chi connectivity index (χ0) is 15.6. The largest absolute Gasteiger partial charge is 0.505 e. The molecule has 0 unspecified atom stereocenters. The fraction of sp³-hybridized carbons (Fsp3) is 0.357. The van der Waals surface area contributed by atoms with E-state index < -0.39 is 0 Å². The van der Waals surface area contributed by atoms with E-state index in [0.29, 0.717) is 23.2 Å². The molecule has 0 amide bonds. The van der Waals surface area contributed by atoms with Crippen LogP contribution in [0.1, 0.15) is 29.6 Å². The maximum atomic E-state index is 12.0. The Hall–Kier alpha value is -2.15. The van der Waals surface area contributed by atoms with Crippen LogP contribution >= 0.6 is 11.3 Å². The quantitative estimate of drug-likeness (QED) is 0.653. The van der Waals surface area contributed by atoms with Crippen LogP contribution in [0.5, 0.6) is 0 Å². The molecule has 2 heterocycles. The molecule has 112 valence electrons. The molecule has 0 radical (unpaired) electrons. The third-order valence-corrected chi connectivity index (χ3v) is 4.28. The molecule has 0 atom stereocenters. The number of aliphatic hydroxyl groups excluding tert-OH is 1. The molecule has 2 rings (SSSR count). The van der Waals surface area contributed by atoms with Crippen molar-refractivity contribution in [2.75, 3.05) is 6.61 Å². The van der Waals surface area contributed by atoms with Crippen molar-refractivity contribution in [2.45, 2.75) is 26.7 Å². The molecule has 0 aliphatic carbocycles. The minimum absolute atomic E-state index is 0.0608. The highest BCUT2D eigenvalue weighted by molar-refractivity contribution is 7.18. The van der Waals surface area contributed by atoms with Gasteiger partial charge in [0.25, 0.3) is 5.56 Å². The summed E-state index contributed by atoms with van der Waals surface area (Å²) in [6, 6.07) is 0. The maximum Gasteiger partial charge on any atom is 0.306 e. The maximum absolute atomic E-state index is 12.0. The Balaban J connectivity index is 2.37. The predicted octanol–water partition coefficient (Wildman–Crippen LogP) is 2.32. The molecule has 2 aromatic rings. The van der Waals surface area contributed by atoms with Crippen LogP contribution in [-0.4, -0.2) is 27.7 Å². The summed E-state index contributed by atoms with van der Waals surface area (Å²) < 4.78 is 4.89. The first-order chi connectivity index (χ1) is 9.93. The number of aromatic amines is 1. The molecule has 0 spiro atoms. The lowest BCUT2D eigenvalue weighted by Gasteiger charge is -2.00. The summed E-state index contributed by atoms with van der Waals surface area (Å²) in [4.78, 5) is 31.6. The van der Waals surface area contributed by atoms with Crippen LogP contribution in [0.25, 0.3) is 16.0 Å². The summed E-state index contributed by atoms with van der Waals surface area (Å²) in [5.41, 5.74) is 0.490. The lowest BCUT2D eigenvalue weighted by molar-refractivity contribution is -0.143. The smallest absolute Gasteiger partial charge is 0.306 e. The number of rotatable bonds is 5. The van der Waals surface area contributed by atoms with Crippen LogP contribution in [-0.2, 0) is 16.0 Å². The second-order valence-corrected chi connectivity index (χ2v) is 5.58. The van der Waals surface area contributed by atoms with Crippen LogP contribution in [0.3, 0.4) is 0 Å². The van der Waals surface area contributed by atoms with Gasteiger partial charge in [-0.25, -0.2) is 4.98 Å². The van der Waals surface area contributed by atoms with Crippen molar-refractivity contribution < 1.29 is 14.6 Å². The Kier molecular flexibility index (Phi) is 4.42. The van der Waals surface area contributed by atoms with E-state index in [0.717, 1.165) is 10.4 Å². The first-order valence-electron chi connectivity index (χ1n) is 6.50. The number of aromatic nitrogens is 2. The number of esters is 1. The minimum Gasteiger partial charge on any atom is -0.505 e. The predicted molar refractivity (Wildman–Crippen MR) is 81.6 cm³/mol. The number of ether oxygens (including phenoxy) is 1. The number of carbonyl (C=O) groups is 1. The van der Waals surface area contributed by atoms with Gasteiger partial charge in [-0.3, -0.25) is 9.59 Å². The number of aryl methyl sites for hydroxylation is 2. The number of hydrogen-bond acceptors (Lipinski definition) is 6. The molecule has 2 N–H and O–H groups in total. The van der Waals surface area contributed by atoms with E-state index in [1.54, 1.807) is 6.92 Å². The zero-order valence-corrected chi connectivity index (χ0v) is 12.7. The van der Waals surface area contributed by atoms with Crippen molar-refractivity contribution in [1.82, 2.24) is 9.97 Å². The summed E-state index contributed by atoms with van der Waals surface area (Å²) in [6.07, 6.45) is 0.763. The van der Waals surface area contributed by atoms with E-state index >= 15 is 0 Å². The van der Waals surface area contributed by atoms with Gasteiger partial charge in [-0.05, 0) is 25.8 Å². The van der Waals surface area contributed by atoms with Gasteiger partial charge in [-0.2, -0.15) is 0 Å². The molecule has 21 heavy (non-hydrogen) atoms. The summed E-state index contributed by atoms with van der Waals surface area (Å²) in [5.74, 6) is -0.487. The van der Waals surface area contributed by atoms with Gasteiger partial charge in [-0.15, -0.1) is 11.3 Å². The summed E-state index contributed by atoms with van der Waals surface area (Å²) >= 11 is 1.34. The highest BCUT2D eigenvalue weighted by Crippen LogP contribution is 2.28. The zero-order valence-electron chi connectivity index (χ0n) is 11.9. The Morgan fingerprint density at radius 3 is 2.86 bits per heavy atom. The van der Waals surface area contributed by atoms with Gasteiger partial charge in [0.1, 0.15) is 4.83 Å². The Morgan fingerprint density at radius 2 is 2.24 bits per heavy atom. The number of thiophene rings is 1. The Morgan fingerprint density at radius 1 is 1.52 bits per heavy atom. The molecule has 0 aliphatic heterocycles. The summed E-state index contributed by atoms with van der Waals surface area (Å²) in [6.45, 7) is 7.29. The van der Waals surface area contributed by atoms with Gasteiger partial charge in [0, 0.05) is 4.88 Å². The topological polar surface area (TPSA) is 92.3 Å². The van der Waals surface area contributed by atoms with Crippen molar-refractivity contribution in [3.8, 4) is 0 Å². The standard InChI is InChI=1S/C14H16N2O4S/c1-4-20-10(18)6-5-9-7(2)11-13(19)15-12(8(3)17)16-14(11)21-9/h17H,3-6H2,1-2H3,(H,15,16,19). The molecule has 6 nitrogen and oxygen atoms in total. The average molecular weight is 308 g/mol. The number of nitrogens with one attached hydrogen (secondary N) is 1. The fourth-order valence-corrected chi connectivity index (χ4v) is 3.19. The number of fused-ring (bicyclic) bond motifs is 1. The van der Waals surface area contributed by atoms with E-state index in [4.69, 9.17) is 4.74 Å². The molecule has 0 saturated heterocycles. The minimum atomic E-state index is -0.318. The van der Waals surface area contributed by atoms with Gasteiger partial charge >= 0.3 is 5.97 Å². The van der Waals surface area contributed by atoms with Crippen molar-refractivity contribution in [1.29, 1.82) is 0 Å². The van der Waals surface area contributed by atoms with Gasteiger partial charge in [0.15, 0.2) is 11.6 Å². The van der Waals surface area contributed by atoms with E-state index in [1.165, 1.54) is 11.3 Å². The highest BCUT2D eigenvalue weighted by atomic mass is 32.1. The lowest BCUT2D eigenvalue weighted by atomic mass is 10.1. The van der Waals surface area contributed by atoms with Crippen molar-refractivity contribution in [2.24, 2.45) is 0 Å². The third-order valence-electron chi connectivity index (χ3n) is 3.03. The van der Waals surface area contributed by atoms with E-state index in [1.807, 2.05) is 6.92 Å². The van der Waals surface area contributed by atoms with Gasteiger partial charge in [0.05, 0.1) is 18.4 Å². The number of hydrogen-bond donors (Lipinski definition) is 2. The number of aliphatic hydroxyl groups is 1. The van der Waals surface area contributed by atoms with Gasteiger partial charge in [-0.1, -0.05) is 6.58 Å². The van der Waals surface area contributed by atoms with E-state index in [2.05, 4.69) is 16.5 Å². The normalized spacial score (nSPS) is 10.8. The Labute approximate surface area is 125 Å². The third kappa shape index (κ3) is 3.13. The second-order valence-electron chi connectivity index (χ2n) is 4.50. The van der Waals surface area contributed by atoms with Crippen LogP contribution < -0.4 is 5.56 Å². The summed E-state index contributed by atoms with van der Waals surface area (Å²) in [7, 11) is 0. The van der Waals surface area contributed by atoms with Crippen LogP contribution in [0.4, 0.5) is 0 Å². The van der Waals surface area contributed by atoms with Crippen LogP contribution in [0.2, 0.25) is 0 Å². The first-order valence-corrected chi connectivity index (χ1v) is 7.31. The molecular formula is C14H16N2O4S. The average Bonchev–Trinajstić information content (AvgIpc) is 2.73. The van der Waals surface area contributed by atoms with Gasteiger partial charge < -0.3 is 14.8 Å². The second kappa shape index (κ2) is 6.09. The van der Waals surface area contributed by atoms with Crippen molar-refractivity contribution >= 4 is 33.3 Å². The number of carbonyl (C=O) groups excluding carboxylic acids is 1. The molecule has 7 heteroatoms. The van der Waals surface area contributed by atoms with Crippen molar-refractivity contribution in [3.05, 3.63) is 33.2 Å². The molecule has 2 aromatic heterocycles. The summed E-state index contributed by atoms with van der Waals surface area (Å²) in [5, 5.41) is 9.82. The van der Waals surface area contributed by atoms with Crippen LogP contribution in [0, 0.1) is 6.92 Å². The van der Waals surface area contributed by atoms with Crippen molar-refractivity contribution in [3.63, 3.8) is 0 Å². The first kappa shape index (κ1) is 15.2. The Bertz CT molecular complexity index is 760. The van der Waals surface area contributed by atoms with Gasteiger partial charge in [0.2, 0.25) is 0 Å². The molecular weight excluding hydrogens is 292 g/mol. The molecule has 0 aliphatic rings. The molecule has 0 fully saturated rings. The molecule has 0 bridgehead atoms. The number of nitrogens with zero attached hydrogens (tertiary/aromatic N) is 1. The highest BCUT2D eigenvalue weighted by Gasteiger charge is 2.16. The fourth-order valence-electron chi connectivity index (χ4n) is 2.01. The number of H-pyrrole nitrogens is 1. The van der Waals surface area contributed by atoms with E-state index in [-0.39, 0.29) is 29.5 Å². The SMILES string of the molecule is C=C(O)c1nc2sc(CCC(=O)OCC)c(C)c2c(=O)[nH]1. The molecule has 0 aromatic carbocycles. The lowest BCUT2D eigenvalue weighted by Crippen LogP contribution is -2.11. The molecule has 0 saturated carbocycles. The van der Waals surface area contributed by atoms with Crippen LogP contribution in [0.15, 0.2) is 11.4 Å².